The molecule has 6 heteroatoms. The summed E-state index contributed by atoms with van der Waals surface area (Å²) in [5.74, 6) is 1.94. The van der Waals surface area contributed by atoms with Crippen molar-refractivity contribution in [1.29, 1.82) is 0 Å². The maximum Gasteiger partial charge on any atom is 0.204 e. The van der Waals surface area contributed by atoms with Crippen molar-refractivity contribution in [3.05, 3.63) is 34.6 Å². The normalized spacial score (nSPS) is 10.3. The summed E-state index contributed by atoms with van der Waals surface area (Å²) in [5, 5.41) is 6.52. The standard InChI is InChI=1S/C15H19BrN4O/c1-4-8-17-14-13(21-3)15(19-9-18-14)20-11-7-5-6-10(2)12(11)16/h5-7,9H,4,8H2,1-3H3,(H2,17,18,19,20). The van der Waals surface area contributed by atoms with Gasteiger partial charge >= 0.3 is 0 Å². The molecular formula is C15H19BrN4O. The maximum atomic E-state index is 5.45. The Morgan fingerprint density at radius 3 is 2.71 bits per heavy atom. The monoisotopic (exact) mass is 350 g/mol. The van der Waals surface area contributed by atoms with E-state index in [2.05, 4.69) is 43.5 Å². The molecule has 0 radical (unpaired) electrons. The van der Waals surface area contributed by atoms with Crippen LogP contribution in [0, 0.1) is 6.92 Å². The van der Waals surface area contributed by atoms with E-state index in [-0.39, 0.29) is 0 Å². The first-order valence-corrected chi connectivity index (χ1v) is 7.61. The highest BCUT2D eigenvalue weighted by atomic mass is 79.9. The third-order valence-electron chi connectivity index (χ3n) is 3.00. The van der Waals surface area contributed by atoms with Crippen LogP contribution in [0.4, 0.5) is 17.3 Å². The van der Waals surface area contributed by atoms with E-state index in [4.69, 9.17) is 4.74 Å². The number of benzene rings is 1. The number of nitrogens with zero attached hydrogens (tertiary/aromatic N) is 2. The van der Waals surface area contributed by atoms with Crippen molar-refractivity contribution in [2.24, 2.45) is 0 Å². The Kier molecular flexibility index (Phi) is 5.38. The molecule has 5 nitrogen and oxygen atoms in total. The lowest BCUT2D eigenvalue weighted by molar-refractivity contribution is 0.415. The molecule has 1 aromatic carbocycles. The van der Waals surface area contributed by atoms with E-state index in [0.29, 0.717) is 17.4 Å². The zero-order chi connectivity index (χ0) is 15.2. The highest BCUT2D eigenvalue weighted by molar-refractivity contribution is 9.10. The number of halogens is 1. The van der Waals surface area contributed by atoms with Gasteiger partial charge in [-0.1, -0.05) is 19.1 Å². The van der Waals surface area contributed by atoms with Gasteiger partial charge in [-0.2, -0.15) is 0 Å². The SMILES string of the molecule is CCCNc1ncnc(Nc2cccc(C)c2Br)c1OC. The van der Waals surface area contributed by atoms with E-state index in [0.717, 1.165) is 28.7 Å². The zero-order valence-corrected chi connectivity index (χ0v) is 14.0. The highest BCUT2D eigenvalue weighted by Crippen LogP contribution is 2.34. The fourth-order valence-electron chi connectivity index (χ4n) is 1.90. The molecule has 0 fully saturated rings. The van der Waals surface area contributed by atoms with Crippen molar-refractivity contribution in [1.82, 2.24) is 9.97 Å². The number of aryl methyl sites for hydroxylation is 1. The number of methoxy groups -OCH3 is 1. The fraction of sp³-hybridized carbons (Fsp3) is 0.333. The van der Waals surface area contributed by atoms with E-state index >= 15 is 0 Å². The summed E-state index contributed by atoms with van der Waals surface area (Å²) in [6.07, 6.45) is 2.53. The Bertz CT molecular complexity index is 619. The van der Waals surface area contributed by atoms with Crippen molar-refractivity contribution in [2.45, 2.75) is 20.3 Å². The Labute approximate surface area is 133 Å². The van der Waals surface area contributed by atoms with Crippen LogP contribution in [0.5, 0.6) is 5.75 Å². The molecule has 0 saturated heterocycles. The molecule has 2 rings (SSSR count). The minimum absolute atomic E-state index is 0.611. The van der Waals surface area contributed by atoms with Crippen molar-refractivity contribution >= 4 is 33.3 Å². The summed E-state index contributed by atoms with van der Waals surface area (Å²) < 4.78 is 6.46. The Morgan fingerprint density at radius 1 is 1.24 bits per heavy atom. The first kappa shape index (κ1) is 15.6. The number of aromatic nitrogens is 2. The predicted octanol–water partition coefficient (Wildman–Crippen LogP) is 4.12. The molecule has 0 unspecified atom stereocenters. The van der Waals surface area contributed by atoms with Gasteiger partial charge in [0.15, 0.2) is 11.6 Å². The van der Waals surface area contributed by atoms with Gasteiger partial charge in [-0.3, -0.25) is 0 Å². The van der Waals surface area contributed by atoms with Crippen LogP contribution in [0.2, 0.25) is 0 Å². The third kappa shape index (κ3) is 3.64. The van der Waals surface area contributed by atoms with Gasteiger partial charge in [0.05, 0.1) is 12.8 Å². The number of nitrogens with one attached hydrogen (secondary N) is 2. The molecule has 0 aliphatic heterocycles. The molecule has 0 saturated carbocycles. The molecule has 0 aliphatic rings. The first-order chi connectivity index (χ1) is 10.2. The lowest BCUT2D eigenvalue weighted by atomic mass is 10.2. The van der Waals surface area contributed by atoms with Crippen LogP contribution in [-0.4, -0.2) is 23.6 Å². The maximum absolute atomic E-state index is 5.45. The van der Waals surface area contributed by atoms with Gasteiger partial charge in [0.25, 0.3) is 0 Å². The second kappa shape index (κ2) is 7.26. The van der Waals surface area contributed by atoms with Crippen molar-refractivity contribution < 1.29 is 4.74 Å². The van der Waals surface area contributed by atoms with Gasteiger partial charge in [0.2, 0.25) is 5.75 Å². The van der Waals surface area contributed by atoms with E-state index < -0.39 is 0 Å². The second-order valence-electron chi connectivity index (χ2n) is 4.59. The quantitative estimate of drug-likeness (QED) is 0.820. The van der Waals surface area contributed by atoms with E-state index in [1.54, 1.807) is 7.11 Å². The number of rotatable bonds is 6. The molecule has 2 N–H and O–H groups in total. The first-order valence-electron chi connectivity index (χ1n) is 6.82. The summed E-state index contributed by atoms with van der Waals surface area (Å²) >= 11 is 3.58. The largest absolute Gasteiger partial charge is 0.490 e. The minimum atomic E-state index is 0.611. The third-order valence-corrected chi connectivity index (χ3v) is 4.05. The van der Waals surface area contributed by atoms with Crippen molar-refractivity contribution in [2.75, 3.05) is 24.3 Å². The number of ether oxygens (including phenoxy) is 1. The lowest BCUT2D eigenvalue weighted by Gasteiger charge is -2.15. The van der Waals surface area contributed by atoms with Gasteiger partial charge in [-0.25, -0.2) is 9.97 Å². The topological polar surface area (TPSA) is 59.1 Å². The van der Waals surface area contributed by atoms with Gasteiger partial charge in [-0.15, -0.1) is 0 Å². The van der Waals surface area contributed by atoms with Crippen molar-refractivity contribution in [3.8, 4) is 5.75 Å². The highest BCUT2D eigenvalue weighted by Gasteiger charge is 2.13. The molecule has 0 aliphatic carbocycles. The van der Waals surface area contributed by atoms with Crippen LogP contribution in [0.25, 0.3) is 0 Å². The molecule has 0 bridgehead atoms. The minimum Gasteiger partial charge on any atom is -0.490 e. The lowest BCUT2D eigenvalue weighted by Crippen LogP contribution is -2.07. The Hall–Kier alpha value is -1.82. The van der Waals surface area contributed by atoms with E-state index in [1.165, 1.54) is 6.33 Å². The van der Waals surface area contributed by atoms with Gasteiger partial charge in [0, 0.05) is 11.0 Å². The fourth-order valence-corrected chi connectivity index (χ4v) is 2.26. The van der Waals surface area contributed by atoms with Gasteiger partial charge in [-0.05, 0) is 40.9 Å². The molecule has 1 heterocycles. The zero-order valence-electron chi connectivity index (χ0n) is 12.4. The number of anilines is 3. The van der Waals surface area contributed by atoms with Crippen LogP contribution >= 0.6 is 15.9 Å². The number of hydrogen-bond donors (Lipinski definition) is 2. The molecular weight excluding hydrogens is 332 g/mol. The Morgan fingerprint density at radius 2 is 2.00 bits per heavy atom. The Balaban J connectivity index is 2.33. The molecule has 112 valence electrons. The van der Waals surface area contributed by atoms with Gasteiger partial charge in [0.1, 0.15) is 6.33 Å². The van der Waals surface area contributed by atoms with Crippen molar-refractivity contribution in [3.63, 3.8) is 0 Å². The molecule has 0 amide bonds. The summed E-state index contributed by atoms with van der Waals surface area (Å²) in [6.45, 7) is 4.98. The van der Waals surface area contributed by atoms with Crippen LogP contribution in [-0.2, 0) is 0 Å². The average Bonchev–Trinajstić information content (AvgIpc) is 2.50. The summed E-state index contributed by atoms with van der Waals surface area (Å²) in [7, 11) is 1.62. The van der Waals surface area contributed by atoms with Crippen LogP contribution in [0.15, 0.2) is 29.0 Å². The van der Waals surface area contributed by atoms with Crippen LogP contribution in [0.1, 0.15) is 18.9 Å². The predicted molar refractivity (Wildman–Crippen MR) is 89.5 cm³/mol. The summed E-state index contributed by atoms with van der Waals surface area (Å²) in [6, 6.07) is 6.02. The molecule has 1 aromatic heterocycles. The average molecular weight is 351 g/mol. The van der Waals surface area contributed by atoms with Crippen LogP contribution < -0.4 is 15.4 Å². The summed E-state index contributed by atoms with van der Waals surface area (Å²) in [5.41, 5.74) is 2.09. The van der Waals surface area contributed by atoms with Crippen LogP contribution in [0.3, 0.4) is 0 Å². The summed E-state index contributed by atoms with van der Waals surface area (Å²) in [4.78, 5) is 8.51. The molecule has 0 spiro atoms. The number of hydrogen-bond acceptors (Lipinski definition) is 5. The van der Waals surface area contributed by atoms with Gasteiger partial charge < -0.3 is 15.4 Å². The van der Waals surface area contributed by atoms with E-state index in [9.17, 15) is 0 Å². The van der Waals surface area contributed by atoms with E-state index in [1.807, 2.05) is 25.1 Å². The molecule has 0 atom stereocenters. The molecule has 21 heavy (non-hydrogen) atoms. The molecule has 2 aromatic rings. The smallest absolute Gasteiger partial charge is 0.204 e. The second-order valence-corrected chi connectivity index (χ2v) is 5.39.